The van der Waals surface area contributed by atoms with E-state index in [2.05, 4.69) is 22.1 Å². The van der Waals surface area contributed by atoms with Crippen molar-refractivity contribution in [3.8, 4) is 0 Å². The van der Waals surface area contributed by atoms with Crippen molar-refractivity contribution in [1.29, 1.82) is 0 Å². The second-order valence-corrected chi connectivity index (χ2v) is 6.52. The molecule has 2 aromatic rings. The second kappa shape index (κ2) is 7.61. The molecule has 7 heteroatoms. The first-order valence-electron chi connectivity index (χ1n) is 7.66. The molecule has 1 aliphatic heterocycles. The molecule has 0 bridgehead atoms. The van der Waals surface area contributed by atoms with Crippen LogP contribution in [0.5, 0.6) is 0 Å². The summed E-state index contributed by atoms with van der Waals surface area (Å²) in [6.07, 6.45) is 0.612. The van der Waals surface area contributed by atoms with Crippen molar-refractivity contribution in [3.05, 3.63) is 41.8 Å². The first-order valence-corrected chi connectivity index (χ1v) is 8.65. The number of hydrogen-bond donors (Lipinski definition) is 0. The van der Waals surface area contributed by atoms with Crippen molar-refractivity contribution in [2.24, 2.45) is 0 Å². The molecule has 6 nitrogen and oxygen atoms in total. The highest BCUT2D eigenvalue weighted by Crippen LogP contribution is 2.18. The lowest BCUT2D eigenvalue weighted by Gasteiger charge is -2.32. The molecule has 1 amide bonds. The third-order valence-electron chi connectivity index (χ3n) is 3.82. The molecule has 1 fully saturated rings. The highest BCUT2D eigenvalue weighted by molar-refractivity contribution is 7.99. The number of benzene rings is 1. The van der Waals surface area contributed by atoms with E-state index in [4.69, 9.17) is 4.42 Å². The molecular formula is C16H20N4O2S. The van der Waals surface area contributed by atoms with Gasteiger partial charge < -0.3 is 14.2 Å². The van der Waals surface area contributed by atoms with Crippen molar-refractivity contribution < 1.29 is 9.21 Å². The predicted molar refractivity (Wildman–Crippen MR) is 88.3 cm³/mol. The van der Waals surface area contributed by atoms with Gasteiger partial charge in [0.25, 0.3) is 5.22 Å². The molecule has 0 aliphatic carbocycles. The van der Waals surface area contributed by atoms with Crippen LogP contribution in [0.4, 0.5) is 0 Å². The summed E-state index contributed by atoms with van der Waals surface area (Å²) in [5.41, 5.74) is 1.13. The van der Waals surface area contributed by atoms with Gasteiger partial charge in [0.1, 0.15) is 0 Å². The maximum absolute atomic E-state index is 12.2. The fourth-order valence-electron chi connectivity index (χ4n) is 2.41. The number of carbonyl (C=O) groups excluding carboxylic acids is 1. The van der Waals surface area contributed by atoms with Crippen LogP contribution in [-0.2, 0) is 11.2 Å². The van der Waals surface area contributed by atoms with Gasteiger partial charge in [-0.25, -0.2) is 0 Å². The molecule has 1 aromatic carbocycles. The van der Waals surface area contributed by atoms with Gasteiger partial charge >= 0.3 is 0 Å². The third kappa shape index (κ3) is 4.56. The van der Waals surface area contributed by atoms with E-state index >= 15 is 0 Å². The lowest BCUT2D eigenvalue weighted by Crippen LogP contribution is -2.47. The molecule has 0 radical (unpaired) electrons. The highest BCUT2D eigenvalue weighted by Gasteiger charge is 2.20. The van der Waals surface area contributed by atoms with E-state index in [1.54, 1.807) is 0 Å². The first kappa shape index (κ1) is 16.0. The molecule has 3 rings (SSSR count). The average molecular weight is 332 g/mol. The van der Waals surface area contributed by atoms with Crippen molar-refractivity contribution in [3.63, 3.8) is 0 Å². The summed E-state index contributed by atoms with van der Waals surface area (Å²) in [6, 6.07) is 9.98. The van der Waals surface area contributed by atoms with Gasteiger partial charge in [-0.05, 0) is 12.6 Å². The highest BCUT2D eigenvalue weighted by atomic mass is 32.2. The van der Waals surface area contributed by atoms with Gasteiger partial charge in [-0.15, -0.1) is 10.2 Å². The summed E-state index contributed by atoms with van der Waals surface area (Å²) >= 11 is 1.31. The molecule has 1 saturated heterocycles. The largest absolute Gasteiger partial charge is 0.416 e. The summed E-state index contributed by atoms with van der Waals surface area (Å²) < 4.78 is 5.60. The number of amides is 1. The molecule has 0 atom stereocenters. The van der Waals surface area contributed by atoms with Gasteiger partial charge in [0, 0.05) is 26.2 Å². The van der Waals surface area contributed by atoms with E-state index in [9.17, 15) is 4.79 Å². The minimum atomic E-state index is 0.130. The van der Waals surface area contributed by atoms with E-state index in [1.165, 1.54) is 11.8 Å². The van der Waals surface area contributed by atoms with Gasteiger partial charge in [-0.1, -0.05) is 42.1 Å². The van der Waals surface area contributed by atoms with Crippen LogP contribution >= 0.6 is 11.8 Å². The van der Waals surface area contributed by atoms with E-state index in [1.807, 2.05) is 35.2 Å². The van der Waals surface area contributed by atoms with Crippen LogP contribution in [0.1, 0.15) is 11.5 Å². The minimum absolute atomic E-state index is 0.130. The lowest BCUT2D eigenvalue weighted by molar-refractivity contribution is -0.129. The summed E-state index contributed by atoms with van der Waals surface area (Å²) in [7, 11) is 2.07. The van der Waals surface area contributed by atoms with Crippen LogP contribution in [0.3, 0.4) is 0 Å². The number of piperazine rings is 1. The molecule has 1 aromatic heterocycles. The van der Waals surface area contributed by atoms with Crippen LogP contribution in [0.25, 0.3) is 0 Å². The zero-order valence-electron chi connectivity index (χ0n) is 13.1. The van der Waals surface area contributed by atoms with Gasteiger partial charge in [0.2, 0.25) is 11.8 Å². The summed E-state index contributed by atoms with van der Waals surface area (Å²) in [5, 5.41) is 8.51. The zero-order chi connectivity index (χ0) is 16.1. The summed E-state index contributed by atoms with van der Waals surface area (Å²) in [4.78, 5) is 16.3. The first-order chi connectivity index (χ1) is 11.2. The van der Waals surface area contributed by atoms with Gasteiger partial charge in [-0.3, -0.25) is 4.79 Å². The molecule has 23 heavy (non-hydrogen) atoms. The zero-order valence-corrected chi connectivity index (χ0v) is 14.0. The Morgan fingerprint density at radius 2 is 1.91 bits per heavy atom. The van der Waals surface area contributed by atoms with E-state index < -0.39 is 0 Å². The van der Waals surface area contributed by atoms with Crippen molar-refractivity contribution >= 4 is 17.7 Å². The van der Waals surface area contributed by atoms with Gasteiger partial charge in [0.15, 0.2) is 0 Å². The van der Waals surface area contributed by atoms with Crippen LogP contribution in [0.2, 0.25) is 0 Å². The fourth-order valence-corrected chi connectivity index (χ4v) is 3.09. The normalized spacial score (nSPS) is 15.8. The van der Waals surface area contributed by atoms with Crippen LogP contribution in [-0.4, -0.2) is 64.9 Å². The number of thioether (sulfide) groups is 1. The van der Waals surface area contributed by atoms with Gasteiger partial charge in [-0.2, -0.15) is 0 Å². The smallest absolute Gasteiger partial charge is 0.277 e. The number of carbonyl (C=O) groups is 1. The Hall–Kier alpha value is -1.86. The summed E-state index contributed by atoms with van der Waals surface area (Å²) in [6.45, 7) is 3.44. The Kier molecular flexibility index (Phi) is 5.30. The van der Waals surface area contributed by atoms with Crippen molar-refractivity contribution in [2.75, 3.05) is 39.0 Å². The Labute approximate surface area is 139 Å². The Morgan fingerprint density at radius 3 is 2.65 bits per heavy atom. The molecule has 122 valence electrons. The number of aromatic nitrogens is 2. The lowest BCUT2D eigenvalue weighted by atomic mass is 10.2. The number of likely N-dealkylation sites (N-methyl/N-ethyl adjacent to an activating group) is 1. The Bertz CT molecular complexity index is 639. The quantitative estimate of drug-likeness (QED) is 0.774. The molecule has 0 spiro atoms. The summed E-state index contributed by atoms with van der Waals surface area (Å²) in [5.74, 6) is 1.05. The maximum atomic E-state index is 12.2. The second-order valence-electron chi connectivity index (χ2n) is 5.60. The monoisotopic (exact) mass is 332 g/mol. The number of nitrogens with zero attached hydrogens (tertiary/aromatic N) is 4. The fraction of sp³-hybridized carbons (Fsp3) is 0.438. The van der Waals surface area contributed by atoms with Crippen molar-refractivity contribution in [1.82, 2.24) is 20.0 Å². The topological polar surface area (TPSA) is 62.5 Å². The molecule has 2 heterocycles. The molecule has 0 unspecified atom stereocenters. The maximum Gasteiger partial charge on any atom is 0.277 e. The van der Waals surface area contributed by atoms with E-state index in [-0.39, 0.29) is 5.91 Å². The predicted octanol–water partition coefficient (Wildman–Crippen LogP) is 1.53. The van der Waals surface area contributed by atoms with Gasteiger partial charge in [0.05, 0.1) is 12.2 Å². The third-order valence-corrected chi connectivity index (χ3v) is 4.62. The molecule has 1 aliphatic rings. The van der Waals surface area contributed by atoms with E-state index in [0.29, 0.717) is 23.3 Å². The number of rotatable bonds is 5. The average Bonchev–Trinajstić information content (AvgIpc) is 3.02. The standard InChI is InChI=1S/C16H20N4O2S/c1-19-7-9-20(10-8-19)15(21)12-23-16-18-17-14(22-16)11-13-5-3-2-4-6-13/h2-6H,7-12H2,1H3. The molecular weight excluding hydrogens is 312 g/mol. The molecule has 0 N–H and O–H groups in total. The van der Waals surface area contributed by atoms with Crippen molar-refractivity contribution in [2.45, 2.75) is 11.6 Å². The van der Waals surface area contributed by atoms with E-state index in [0.717, 1.165) is 31.7 Å². The van der Waals surface area contributed by atoms with Crippen LogP contribution < -0.4 is 0 Å². The number of hydrogen-bond acceptors (Lipinski definition) is 6. The SMILES string of the molecule is CN1CCN(C(=O)CSc2nnc(Cc3ccccc3)o2)CC1. The Morgan fingerprint density at radius 1 is 1.17 bits per heavy atom. The Balaban J connectivity index is 1.48. The van der Waals surface area contributed by atoms with Crippen LogP contribution in [0, 0.1) is 0 Å². The minimum Gasteiger partial charge on any atom is -0.416 e. The van der Waals surface area contributed by atoms with Crippen LogP contribution in [0.15, 0.2) is 40.0 Å². The molecule has 0 saturated carbocycles.